The molecule has 1 rings (SSSR count). The highest BCUT2D eigenvalue weighted by Gasteiger charge is 2.12. The normalized spacial score (nSPS) is 10.8. The van der Waals surface area contributed by atoms with Crippen LogP contribution in [0.1, 0.15) is 17.3 Å². The van der Waals surface area contributed by atoms with Gasteiger partial charge >= 0.3 is 0 Å². The molecule has 86 valence electrons. The van der Waals surface area contributed by atoms with Gasteiger partial charge < -0.3 is 4.90 Å². The number of halogens is 2. The molecule has 0 bridgehead atoms. The molecule has 0 heterocycles. The van der Waals surface area contributed by atoms with Crippen molar-refractivity contribution in [1.29, 1.82) is 0 Å². The fourth-order valence-electron chi connectivity index (χ4n) is 1.14. The van der Waals surface area contributed by atoms with E-state index in [2.05, 4.69) is 20.9 Å². The number of nitrogens with zero attached hydrogens (tertiary/aromatic N) is 2. The molecule has 0 spiro atoms. The van der Waals surface area contributed by atoms with Gasteiger partial charge in [-0.15, -0.1) is 0 Å². The van der Waals surface area contributed by atoms with Crippen LogP contribution in [0.4, 0.5) is 10.1 Å². The van der Waals surface area contributed by atoms with E-state index in [9.17, 15) is 9.18 Å². The molecule has 0 unspecified atom stereocenters. The minimum atomic E-state index is -0.516. The Bertz CT molecular complexity index is 444. The van der Waals surface area contributed by atoms with Crippen molar-refractivity contribution < 1.29 is 9.18 Å². The highest BCUT2D eigenvalue weighted by atomic mass is 79.9. The Kier molecular flexibility index (Phi) is 4.18. The molecule has 0 aliphatic rings. The van der Waals surface area contributed by atoms with E-state index in [4.69, 9.17) is 0 Å². The summed E-state index contributed by atoms with van der Waals surface area (Å²) in [5.74, 6) is -0.733. The Morgan fingerprint density at radius 2 is 2.12 bits per heavy atom. The molecule has 1 aromatic carbocycles. The van der Waals surface area contributed by atoms with Crippen LogP contribution in [0.15, 0.2) is 21.6 Å². The molecule has 0 aliphatic carbocycles. The average Bonchev–Trinajstić information content (AvgIpc) is 2.14. The van der Waals surface area contributed by atoms with Gasteiger partial charge in [-0.05, 0) is 19.1 Å². The molecule has 1 aromatic rings. The summed E-state index contributed by atoms with van der Waals surface area (Å²) in [6.45, 7) is 1.38. The third-order valence-electron chi connectivity index (χ3n) is 1.83. The van der Waals surface area contributed by atoms with Crippen molar-refractivity contribution >= 4 is 33.7 Å². The molecule has 0 saturated carbocycles. The Morgan fingerprint density at radius 3 is 2.62 bits per heavy atom. The quantitative estimate of drug-likeness (QED) is 0.486. The second-order valence-electron chi connectivity index (χ2n) is 3.55. The van der Waals surface area contributed by atoms with E-state index >= 15 is 0 Å². The first-order valence-corrected chi connectivity index (χ1v) is 5.41. The SMILES string of the molecule is CC(=O)c1cc(Br)cc(F)c1N=CN(C)C. The van der Waals surface area contributed by atoms with Gasteiger partial charge in [-0.2, -0.15) is 0 Å². The summed E-state index contributed by atoms with van der Waals surface area (Å²) in [6, 6.07) is 2.85. The zero-order valence-electron chi connectivity index (χ0n) is 9.29. The topological polar surface area (TPSA) is 32.7 Å². The molecule has 3 nitrogen and oxygen atoms in total. The smallest absolute Gasteiger partial charge is 0.162 e. The van der Waals surface area contributed by atoms with E-state index in [1.54, 1.807) is 25.1 Å². The molecule has 0 fully saturated rings. The van der Waals surface area contributed by atoms with E-state index < -0.39 is 5.82 Å². The molecule has 0 atom stereocenters. The molecule has 0 aliphatic heterocycles. The van der Waals surface area contributed by atoms with Gasteiger partial charge in [0.1, 0.15) is 5.69 Å². The lowest BCUT2D eigenvalue weighted by atomic mass is 10.1. The van der Waals surface area contributed by atoms with Crippen molar-refractivity contribution in [3.63, 3.8) is 0 Å². The molecule has 0 N–H and O–H groups in total. The van der Waals surface area contributed by atoms with E-state index in [1.165, 1.54) is 19.3 Å². The van der Waals surface area contributed by atoms with Crippen molar-refractivity contribution in [2.24, 2.45) is 4.99 Å². The maximum Gasteiger partial charge on any atom is 0.162 e. The number of carbonyl (C=O) groups is 1. The first-order valence-electron chi connectivity index (χ1n) is 4.62. The summed E-state index contributed by atoms with van der Waals surface area (Å²) in [7, 11) is 3.54. The van der Waals surface area contributed by atoms with Gasteiger partial charge in [0.05, 0.1) is 6.34 Å². The van der Waals surface area contributed by atoms with Crippen LogP contribution in [0.25, 0.3) is 0 Å². The van der Waals surface area contributed by atoms with Crippen LogP contribution in [0.3, 0.4) is 0 Å². The van der Waals surface area contributed by atoms with Crippen LogP contribution in [0.5, 0.6) is 0 Å². The van der Waals surface area contributed by atoms with Crippen LogP contribution in [-0.2, 0) is 0 Å². The second kappa shape index (κ2) is 5.21. The van der Waals surface area contributed by atoms with E-state index in [0.29, 0.717) is 4.47 Å². The number of ketones is 1. The largest absolute Gasteiger partial charge is 0.369 e. The first-order chi connectivity index (χ1) is 7.41. The Morgan fingerprint density at radius 1 is 1.50 bits per heavy atom. The Balaban J connectivity index is 3.30. The summed E-state index contributed by atoms with van der Waals surface area (Å²) in [5.41, 5.74) is 0.342. The van der Waals surface area contributed by atoms with Crippen molar-refractivity contribution in [1.82, 2.24) is 4.90 Å². The molecular formula is C11H12BrFN2O. The number of Topliss-reactive ketones (excluding diaryl/α,β-unsaturated/α-hetero) is 1. The maximum atomic E-state index is 13.6. The Hall–Kier alpha value is -1.23. The standard InChI is InChI=1S/C11H12BrFN2O/c1-7(16)9-4-8(12)5-10(13)11(9)14-6-15(2)3/h4-6H,1-3H3. The molecule has 5 heteroatoms. The van der Waals surface area contributed by atoms with Gasteiger partial charge in [0.15, 0.2) is 11.6 Å². The summed E-state index contributed by atoms with van der Waals surface area (Å²) in [4.78, 5) is 17.0. The number of rotatable bonds is 3. The molecule has 0 aromatic heterocycles. The third-order valence-corrected chi connectivity index (χ3v) is 2.28. The van der Waals surface area contributed by atoms with E-state index in [0.717, 1.165) is 0 Å². The second-order valence-corrected chi connectivity index (χ2v) is 4.46. The zero-order chi connectivity index (χ0) is 12.3. The fourth-order valence-corrected chi connectivity index (χ4v) is 1.57. The van der Waals surface area contributed by atoms with E-state index in [1.807, 2.05) is 0 Å². The predicted octanol–water partition coefficient (Wildman–Crippen LogP) is 3.01. The first kappa shape index (κ1) is 12.8. The lowest BCUT2D eigenvalue weighted by molar-refractivity contribution is 0.101. The van der Waals surface area contributed by atoms with Gasteiger partial charge in [0.25, 0.3) is 0 Å². The summed E-state index contributed by atoms with van der Waals surface area (Å²) < 4.78 is 14.1. The van der Waals surface area contributed by atoms with Crippen LogP contribution in [0.2, 0.25) is 0 Å². The van der Waals surface area contributed by atoms with Crippen molar-refractivity contribution in [3.8, 4) is 0 Å². The van der Waals surface area contributed by atoms with Crippen LogP contribution in [-0.4, -0.2) is 31.1 Å². The van der Waals surface area contributed by atoms with Gasteiger partial charge in [0, 0.05) is 24.1 Å². The average molecular weight is 287 g/mol. The van der Waals surface area contributed by atoms with Crippen LogP contribution >= 0.6 is 15.9 Å². The van der Waals surface area contributed by atoms with Crippen molar-refractivity contribution in [3.05, 3.63) is 28.0 Å². The Labute approximate surface area is 102 Å². The monoisotopic (exact) mass is 286 g/mol. The highest BCUT2D eigenvalue weighted by Crippen LogP contribution is 2.27. The minimum Gasteiger partial charge on any atom is -0.369 e. The van der Waals surface area contributed by atoms with Crippen molar-refractivity contribution in [2.75, 3.05) is 14.1 Å². The van der Waals surface area contributed by atoms with Crippen molar-refractivity contribution in [2.45, 2.75) is 6.92 Å². The molecule has 0 radical (unpaired) electrons. The molecule has 16 heavy (non-hydrogen) atoms. The predicted molar refractivity (Wildman–Crippen MR) is 65.9 cm³/mol. The maximum absolute atomic E-state index is 13.6. The fraction of sp³-hybridized carbons (Fsp3) is 0.273. The van der Waals surface area contributed by atoms with Gasteiger partial charge in [-0.25, -0.2) is 9.38 Å². The van der Waals surface area contributed by atoms with E-state index in [-0.39, 0.29) is 17.0 Å². The molecular weight excluding hydrogens is 275 g/mol. The van der Waals surface area contributed by atoms with Gasteiger partial charge in [-0.1, -0.05) is 15.9 Å². The number of aliphatic imine (C=N–C) groups is 1. The van der Waals surface area contributed by atoms with Crippen LogP contribution in [0, 0.1) is 5.82 Å². The van der Waals surface area contributed by atoms with Gasteiger partial charge in [0.2, 0.25) is 0 Å². The minimum absolute atomic E-state index is 0.0735. The summed E-state index contributed by atoms with van der Waals surface area (Å²) >= 11 is 3.14. The lowest BCUT2D eigenvalue weighted by Gasteiger charge is -2.07. The van der Waals surface area contributed by atoms with Crippen LogP contribution < -0.4 is 0 Å². The number of hydrogen-bond acceptors (Lipinski definition) is 2. The lowest BCUT2D eigenvalue weighted by Crippen LogP contribution is -2.07. The van der Waals surface area contributed by atoms with Gasteiger partial charge in [-0.3, -0.25) is 4.79 Å². The molecule has 0 amide bonds. The number of hydrogen-bond donors (Lipinski definition) is 0. The molecule has 0 saturated heterocycles. The third kappa shape index (κ3) is 3.13. The number of benzene rings is 1. The summed E-state index contributed by atoms with van der Waals surface area (Å²) in [5, 5.41) is 0. The number of carbonyl (C=O) groups excluding carboxylic acids is 1. The zero-order valence-corrected chi connectivity index (χ0v) is 10.9. The highest BCUT2D eigenvalue weighted by molar-refractivity contribution is 9.10. The summed E-state index contributed by atoms with van der Waals surface area (Å²) in [6.07, 6.45) is 1.46.